The van der Waals surface area contributed by atoms with Crippen LogP contribution in [0, 0.1) is 0 Å². The first-order valence-electron chi connectivity index (χ1n) is 17.3. The van der Waals surface area contributed by atoms with Crippen molar-refractivity contribution >= 4 is 64.6 Å². The van der Waals surface area contributed by atoms with Gasteiger partial charge in [-0.25, -0.2) is 0 Å². The Morgan fingerprint density at radius 2 is 1.02 bits per heavy atom. The maximum absolute atomic E-state index is 9.55. The van der Waals surface area contributed by atoms with Crippen molar-refractivity contribution in [1.29, 1.82) is 0 Å². The van der Waals surface area contributed by atoms with Crippen molar-refractivity contribution in [1.82, 2.24) is 0 Å². The molecule has 0 aromatic heterocycles. The summed E-state index contributed by atoms with van der Waals surface area (Å²) in [7, 11) is 0. The molecule has 0 saturated carbocycles. The van der Waals surface area contributed by atoms with Crippen molar-refractivity contribution in [2.75, 3.05) is 0 Å². The van der Waals surface area contributed by atoms with Crippen LogP contribution < -0.4 is 0 Å². The third-order valence-electron chi connectivity index (χ3n) is 8.00. The van der Waals surface area contributed by atoms with Crippen LogP contribution in [0.25, 0.3) is 86.9 Å². The number of hydrogen-bond donors (Lipinski definition) is 0. The Morgan fingerprint density at radius 3 is 1.88 bits per heavy atom. The SMILES string of the molecule is [2H]c1c([2H])c2c([2H])c([2H])c3c([2H])c(-c4ccccc4)c([2H])c4c([2H])c([2H])c(c1-c1c5ccccc5cc5ccc6ccccc6c15)c2c34. The first kappa shape index (κ1) is 15.4. The molecule has 0 N–H and O–H groups in total. The van der Waals surface area contributed by atoms with E-state index in [4.69, 9.17) is 2.74 Å². The summed E-state index contributed by atoms with van der Waals surface area (Å²) in [5.41, 5.74) is 1.75. The molecular weight excluding hydrogens is 480 g/mol. The van der Waals surface area contributed by atoms with E-state index in [0.29, 0.717) is 16.7 Å². The summed E-state index contributed by atoms with van der Waals surface area (Å²) in [5.74, 6) is 0. The standard InChI is InChI=1S/C40H24/c1-2-8-25(9-3-1)32-23-29-17-15-27-18-20-36(35-21-19-30(24-32)37(29)38(27)35)40-34-13-7-5-11-28(34)22-31-16-14-26-10-4-6-12-33(26)39(31)40/h1-24H/i15D,17D,18D,19D,20D,21D,23D,24D. The summed E-state index contributed by atoms with van der Waals surface area (Å²) in [6.07, 6.45) is 0. The second kappa shape index (κ2) is 8.15. The van der Waals surface area contributed by atoms with Gasteiger partial charge in [-0.3, -0.25) is 0 Å². The Morgan fingerprint density at radius 1 is 0.375 bits per heavy atom. The Bertz CT molecular complexity index is 2830. The predicted octanol–water partition coefficient (Wildman–Crippen LogP) is 11.4. The molecular formula is C40H24. The van der Waals surface area contributed by atoms with Crippen molar-refractivity contribution < 1.29 is 11.0 Å². The first-order valence-corrected chi connectivity index (χ1v) is 13.3. The van der Waals surface area contributed by atoms with E-state index >= 15 is 0 Å². The molecule has 9 rings (SSSR count). The topological polar surface area (TPSA) is 0 Å². The molecule has 9 aromatic carbocycles. The summed E-state index contributed by atoms with van der Waals surface area (Å²) in [5, 5.41) is 6.40. The number of fused-ring (bicyclic) bond motifs is 4. The zero-order valence-corrected chi connectivity index (χ0v) is 21.2. The largest absolute Gasteiger partial charge is 0.0636 e. The molecule has 0 saturated heterocycles. The molecule has 184 valence electrons. The molecule has 0 aliphatic carbocycles. The third kappa shape index (κ3) is 3.02. The zero-order valence-electron chi connectivity index (χ0n) is 29.2. The van der Waals surface area contributed by atoms with Crippen LogP contribution in [0.15, 0.2) is 145 Å². The van der Waals surface area contributed by atoms with E-state index < -0.39 is 0 Å². The fourth-order valence-corrected chi connectivity index (χ4v) is 6.22. The molecule has 0 aliphatic heterocycles. The maximum Gasteiger partial charge on any atom is 0.0636 e. The highest BCUT2D eigenvalue weighted by atomic mass is 14.2. The molecule has 0 radical (unpaired) electrons. The van der Waals surface area contributed by atoms with Gasteiger partial charge in [-0.15, -0.1) is 0 Å². The van der Waals surface area contributed by atoms with Gasteiger partial charge in [-0.1, -0.05) is 127 Å². The van der Waals surface area contributed by atoms with Gasteiger partial charge in [0.05, 0.1) is 11.0 Å². The van der Waals surface area contributed by atoms with Crippen LogP contribution in [-0.4, -0.2) is 0 Å². The quantitative estimate of drug-likeness (QED) is 0.160. The second-order valence-electron chi connectivity index (χ2n) is 10.2. The fraction of sp³-hybridized carbons (Fsp3) is 0. The Kier molecular flexibility index (Phi) is 3.14. The number of hydrogen-bond acceptors (Lipinski definition) is 0. The van der Waals surface area contributed by atoms with E-state index in [1.54, 1.807) is 24.3 Å². The van der Waals surface area contributed by atoms with Crippen molar-refractivity contribution in [3.8, 4) is 22.3 Å². The van der Waals surface area contributed by atoms with E-state index in [9.17, 15) is 8.22 Å². The van der Waals surface area contributed by atoms with Crippen LogP contribution in [0.1, 0.15) is 11.0 Å². The van der Waals surface area contributed by atoms with Crippen molar-refractivity contribution in [3.05, 3.63) is 145 Å². The van der Waals surface area contributed by atoms with Crippen LogP contribution in [0.5, 0.6) is 0 Å². The summed E-state index contributed by atoms with van der Waals surface area (Å²) in [4.78, 5) is 0. The minimum atomic E-state index is -0.311. The van der Waals surface area contributed by atoms with Crippen molar-refractivity contribution in [3.63, 3.8) is 0 Å². The van der Waals surface area contributed by atoms with Gasteiger partial charge < -0.3 is 0 Å². The molecule has 9 aromatic rings. The predicted molar refractivity (Wildman–Crippen MR) is 174 cm³/mol. The van der Waals surface area contributed by atoms with Gasteiger partial charge in [0.1, 0.15) is 0 Å². The molecule has 0 nitrogen and oxygen atoms in total. The van der Waals surface area contributed by atoms with E-state index in [-0.39, 0.29) is 86.2 Å². The van der Waals surface area contributed by atoms with Gasteiger partial charge in [0, 0.05) is 0 Å². The molecule has 0 heteroatoms. The number of rotatable bonds is 2. The molecule has 0 aliphatic rings. The highest BCUT2D eigenvalue weighted by Crippen LogP contribution is 2.46. The molecule has 0 fully saturated rings. The molecule has 0 amide bonds. The summed E-state index contributed by atoms with van der Waals surface area (Å²) in [6, 6.07) is 29.1. The molecule has 40 heavy (non-hydrogen) atoms. The first-order chi connectivity index (χ1) is 23.2. The summed E-state index contributed by atoms with van der Waals surface area (Å²) >= 11 is 0. The van der Waals surface area contributed by atoms with Crippen LogP contribution in [0.3, 0.4) is 0 Å². The summed E-state index contributed by atoms with van der Waals surface area (Å²) < 4.78 is 74.7. The average molecular weight is 513 g/mol. The van der Waals surface area contributed by atoms with Gasteiger partial charge in [-0.05, 0) is 105 Å². The minimum absolute atomic E-state index is 0.0235. The van der Waals surface area contributed by atoms with Crippen LogP contribution in [0.4, 0.5) is 0 Å². The monoisotopic (exact) mass is 512 g/mol. The van der Waals surface area contributed by atoms with Gasteiger partial charge in [0.25, 0.3) is 0 Å². The van der Waals surface area contributed by atoms with Crippen molar-refractivity contribution in [2.24, 2.45) is 0 Å². The van der Waals surface area contributed by atoms with Gasteiger partial charge in [0.15, 0.2) is 0 Å². The Labute approximate surface area is 243 Å². The average Bonchev–Trinajstić information content (AvgIpc) is 3.10. The third-order valence-corrected chi connectivity index (χ3v) is 8.00. The van der Waals surface area contributed by atoms with Crippen molar-refractivity contribution in [2.45, 2.75) is 0 Å². The van der Waals surface area contributed by atoms with E-state index in [1.165, 1.54) is 0 Å². The van der Waals surface area contributed by atoms with Gasteiger partial charge in [-0.2, -0.15) is 0 Å². The Hall–Kier alpha value is -5.20. The molecule has 0 bridgehead atoms. The minimum Gasteiger partial charge on any atom is -0.0622 e. The van der Waals surface area contributed by atoms with Gasteiger partial charge in [0.2, 0.25) is 0 Å². The lowest BCUT2D eigenvalue weighted by Crippen LogP contribution is -1.91. The number of benzene rings is 9. The van der Waals surface area contributed by atoms with E-state index in [1.807, 2.05) is 66.7 Å². The summed E-state index contributed by atoms with van der Waals surface area (Å²) in [6.45, 7) is 0. The molecule has 0 spiro atoms. The van der Waals surface area contributed by atoms with Crippen LogP contribution in [0.2, 0.25) is 0 Å². The maximum atomic E-state index is 9.55. The van der Waals surface area contributed by atoms with Crippen LogP contribution >= 0.6 is 0 Å². The van der Waals surface area contributed by atoms with Crippen LogP contribution in [-0.2, 0) is 0 Å². The lowest BCUT2D eigenvalue weighted by atomic mass is 9.84. The lowest BCUT2D eigenvalue weighted by molar-refractivity contribution is 1.66. The smallest absolute Gasteiger partial charge is 0.0622 e. The van der Waals surface area contributed by atoms with E-state index in [2.05, 4.69) is 6.07 Å². The Balaban J connectivity index is 1.61. The molecule has 0 unspecified atom stereocenters. The van der Waals surface area contributed by atoms with E-state index in [0.717, 1.165) is 32.3 Å². The highest BCUT2D eigenvalue weighted by Gasteiger charge is 2.18. The normalized spacial score (nSPS) is 14.8. The molecule has 0 atom stereocenters. The second-order valence-corrected chi connectivity index (χ2v) is 10.2. The molecule has 0 heterocycles. The lowest BCUT2D eigenvalue weighted by Gasteiger charge is -2.19. The fourth-order valence-electron chi connectivity index (χ4n) is 6.22. The zero-order chi connectivity index (χ0) is 33.2. The highest BCUT2D eigenvalue weighted by molar-refractivity contribution is 6.30. The van der Waals surface area contributed by atoms with Gasteiger partial charge >= 0.3 is 0 Å².